The normalized spacial score (nSPS) is 29.4. The minimum absolute atomic E-state index is 0.0404. The summed E-state index contributed by atoms with van der Waals surface area (Å²) in [7, 11) is 5.86. The second kappa shape index (κ2) is 6.36. The molecule has 100 valence electrons. The van der Waals surface area contributed by atoms with Crippen LogP contribution in [-0.4, -0.2) is 50.3 Å². The molecule has 0 amide bonds. The highest BCUT2D eigenvalue weighted by molar-refractivity contribution is 5.71. The van der Waals surface area contributed by atoms with Gasteiger partial charge in [-0.2, -0.15) is 0 Å². The predicted molar refractivity (Wildman–Crippen MR) is 66.9 cm³/mol. The summed E-state index contributed by atoms with van der Waals surface area (Å²) < 4.78 is 10.5. The minimum Gasteiger partial charge on any atom is -0.466 e. The van der Waals surface area contributed by atoms with Crippen LogP contribution in [0.5, 0.6) is 0 Å². The fourth-order valence-corrected chi connectivity index (χ4v) is 2.63. The van der Waals surface area contributed by atoms with Crippen LogP contribution in [0.2, 0.25) is 0 Å². The zero-order chi connectivity index (χ0) is 12.9. The summed E-state index contributed by atoms with van der Waals surface area (Å²) >= 11 is 0. The van der Waals surface area contributed by atoms with Crippen LogP contribution in [0, 0.1) is 0 Å². The van der Waals surface area contributed by atoms with Gasteiger partial charge in [0.05, 0.1) is 19.1 Å². The number of esters is 1. The molecule has 0 radical (unpaired) electrons. The van der Waals surface area contributed by atoms with E-state index in [1.807, 2.05) is 21.0 Å². The maximum absolute atomic E-state index is 11.7. The molecule has 0 aliphatic heterocycles. The predicted octanol–water partition coefficient (Wildman–Crippen LogP) is 1.83. The SMILES string of the molecule is CCOC(=O)CC1(N(C)C)CCC(OC)CC1. The molecule has 17 heavy (non-hydrogen) atoms. The maximum atomic E-state index is 11.7. The fourth-order valence-electron chi connectivity index (χ4n) is 2.63. The second-order valence-corrected chi connectivity index (χ2v) is 5.04. The molecule has 0 aromatic rings. The van der Waals surface area contributed by atoms with Crippen molar-refractivity contribution in [1.82, 2.24) is 4.90 Å². The average molecular weight is 243 g/mol. The van der Waals surface area contributed by atoms with E-state index in [0.717, 1.165) is 25.7 Å². The molecule has 4 heteroatoms. The number of nitrogens with zero attached hydrogens (tertiary/aromatic N) is 1. The van der Waals surface area contributed by atoms with Crippen LogP contribution in [0.3, 0.4) is 0 Å². The lowest BCUT2D eigenvalue weighted by Gasteiger charge is -2.44. The summed E-state index contributed by atoms with van der Waals surface area (Å²) in [5, 5.41) is 0. The van der Waals surface area contributed by atoms with Crippen LogP contribution in [-0.2, 0) is 14.3 Å². The summed E-state index contributed by atoms with van der Waals surface area (Å²) in [5.74, 6) is -0.0860. The van der Waals surface area contributed by atoms with E-state index in [4.69, 9.17) is 9.47 Å². The van der Waals surface area contributed by atoms with E-state index in [1.54, 1.807) is 7.11 Å². The molecule has 0 bridgehead atoms. The van der Waals surface area contributed by atoms with Gasteiger partial charge >= 0.3 is 5.97 Å². The average Bonchev–Trinajstić information content (AvgIpc) is 2.30. The molecule has 1 aliphatic rings. The van der Waals surface area contributed by atoms with Crippen molar-refractivity contribution in [2.24, 2.45) is 0 Å². The van der Waals surface area contributed by atoms with E-state index in [0.29, 0.717) is 19.1 Å². The van der Waals surface area contributed by atoms with Crippen molar-refractivity contribution in [3.63, 3.8) is 0 Å². The summed E-state index contributed by atoms with van der Waals surface area (Å²) in [4.78, 5) is 13.9. The minimum atomic E-state index is -0.0860. The van der Waals surface area contributed by atoms with Crippen LogP contribution in [0.15, 0.2) is 0 Å². The maximum Gasteiger partial charge on any atom is 0.307 e. The van der Waals surface area contributed by atoms with Crippen LogP contribution in [0.4, 0.5) is 0 Å². The summed E-state index contributed by atoms with van der Waals surface area (Å²) in [6.07, 6.45) is 4.88. The Balaban J connectivity index is 2.62. The molecule has 1 rings (SSSR count). The number of rotatable bonds is 5. The number of hydrogen-bond donors (Lipinski definition) is 0. The van der Waals surface area contributed by atoms with Gasteiger partial charge in [0.1, 0.15) is 0 Å². The number of methoxy groups -OCH3 is 1. The first-order valence-corrected chi connectivity index (χ1v) is 6.40. The van der Waals surface area contributed by atoms with Crippen molar-refractivity contribution in [3.05, 3.63) is 0 Å². The van der Waals surface area contributed by atoms with E-state index in [1.165, 1.54) is 0 Å². The van der Waals surface area contributed by atoms with Gasteiger partial charge in [-0.05, 0) is 46.7 Å². The fraction of sp³-hybridized carbons (Fsp3) is 0.923. The third kappa shape index (κ3) is 3.68. The Morgan fingerprint density at radius 2 is 1.94 bits per heavy atom. The number of carbonyl (C=O) groups is 1. The largest absolute Gasteiger partial charge is 0.466 e. The van der Waals surface area contributed by atoms with Crippen molar-refractivity contribution in [2.45, 2.75) is 50.7 Å². The van der Waals surface area contributed by atoms with Crippen molar-refractivity contribution >= 4 is 5.97 Å². The monoisotopic (exact) mass is 243 g/mol. The molecule has 0 atom stereocenters. The van der Waals surface area contributed by atoms with Gasteiger partial charge < -0.3 is 14.4 Å². The Bertz CT molecular complexity index is 245. The van der Waals surface area contributed by atoms with Crippen molar-refractivity contribution in [1.29, 1.82) is 0 Å². The number of hydrogen-bond acceptors (Lipinski definition) is 4. The highest BCUT2D eigenvalue weighted by Crippen LogP contribution is 2.36. The first-order chi connectivity index (χ1) is 8.04. The van der Waals surface area contributed by atoms with Crippen LogP contribution >= 0.6 is 0 Å². The van der Waals surface area contributed by atoms with Crippen LogP contribution in [0.1, 0.15) is 39.0 Å². The van der Waals surface area contributed by atoms with Crippen LogP contribution in [0.25, 0.3) is 0 Å². The Morgan fingerprint density at radius 3 is 2.35 bits per heavy atom. The van der Waals surface area contributed by atoms with Gasteiger partial charge in [0.25, 0.3) is 0 Å². The zero-order valence-corrected chi connectivity index (χ0v) is 11.5. The Kier molecular flexibility index (Phi) is 5.40. The van der Waals surface area contributed by atoms with Gasteiger partial charge in [0.15, 0.2) is 0 Å². The van der Waals surface area contributed by atoms with Gasteiger partial charge in [-0.1, -0.05) is 0 Å². The summed E-state index contributed by atoms with van der Waals surface area (Å²) in [5.41, 5.74) is -0.0404. The summed E-state index contributed by atoms with van der Waals surface area (Å²) in [6, 6.07) is 0. The van der Waals surface area contributed by atoms with E-state index >= 15 is 0 Å². The molecule has 0 aromatic carbocycles. The molecule has 1 aliphatic carbocycles. The standard InChI is InChI=1S/C13H25NO3/c1-5-17-12(15)10-13(14(2)3)8-6-11(16-4)7-9-13/h11H,5-10H2,1-4H3. The number of ether oxygens (including phenoxy) is 2. The first kappa shape index (κ1) is 14.5. The Labute approximate surface area is 104 Å². The molecular formula is C13H25NO3. The molecule has 1 saturated carbocycles. The van der Waals surface area contributed by atoms with Gasteiger partial charge in [-0.15, -0.1) is 0 Å². The zero-order valence-electron chi connectivity index (χ0n) is 11.5. The van der Waals surface area contributed by atoms with Crippen LogP contribution < -0.4 is 0 Å². The van der Waals surface area contributed by atoms with E-state index in [9.17, 15) is 4.79 Å². The lowest BCUT2D eigenvalue weighted by molar-refractivity contribution is -0.147. The lowest BCUT2D eigenvalue weighted by atomic mass is 9.77. The molecule has 0 aromatic heterocycles. The number of carbonyl (C=O) groups excluding carboxylic acids is 1. The van der Waals surface area contributed by atoms with Gasteiger partial charge in [0, 0.05) is 12.6 Å². The highest BCUT2D eigenvalue weighted by Gasteiger charge is 2.39. The van der Waals surface area contributed by atoms with E-state index in [-0.39, 0.29) is 11.5 Å². The van der Waals surface area contributed by atoms with E-state index < -0.39 is 0 Å². The van der Waals surface area contributed by atoms with E-state index in [2.05, 4.69) is 4.90 Å². The third-order valence-electron chi connectivity index (χ3n) is 3.92. The van der Waals surface area contributed by atoms with Crippen molar-refractivity contribution in [2.75, 3.05) is 27.8 Å². The molecule has 0 heterocycles. The third-order valence-corrected chi connectivity index (χ3v) is 3.92. The highest BCUT2D eigenvalue weighted by atomic mass is 16.5. The molecule has 0 N–H and O–H groups in total. The van der Waals surface area contributed by atoms with Gasteiger partial charge in [-0.25, -0.2) is 0 Å². The molecule has 0 saturated heterocycles. The topological polar surface area (TPSA) is 38.8 Å². The first-order valence-electron chi connectivity index (χ1n) is 6.40. The Hall–Kier alpha value is -0.610. The molecule has 4 nitrogen and oxygen atoms in total. The lowest BCUT2D eigenvalue weighted by Crippen LogP contribution is -2.49. The van der Waals surface area contributed by atoms with Gasteiger partial charge in [-0.3, -0.25) is 4.79 Å². The van der Waals surface area contributed by atoms with Crippen molar-refractivity contribution < 1.29 is 14.3 Å². The molecule has 1 fully saturated rings. The Morgan fingerprint density at radius 1 is 1.35 bits per heavy atom. The molecular weight excluding hydrogens is 218 g/mol. The second-order valence-electron chi connectivity index (χ2n) is 5.04. The molecule has 0 unspecified atom stereocenters. The summed E-state index contributed by atoms with van der Waals surface area (Å²) in [6.45, 7) is 2.31. The smallest absolute Gasteiger partial charge is 0.307 e. The van der Waals surface area contributed by atoms with Gasteiger partial charge in [0.2, 0.25) is 0 Å². The van der Waals surface area contributed by atoms with Crippen molar-refractivity contribution in [3.8, 4) is 0 Å². The quantitative estimate of drug-likeness (QED) is 0.691. The molecule has 0 spiro atoms.